The Hall–Kier alpha value is -4.49. The normalized spacial score (nSPS) is 17.1. The van der Waals surface area contributed by atoms with Crippen molar-refractivity contribution in [1.29, 1.82) is 0 Å². The minimum absolute atomic E-state index is 0.0281. The van der Waals surface area contributed by atoms with Crippen LogP contribution in [0.2, 0.25) is 0 Å². The highest BCUT2D eigenvalue weighted by Crippen LogP contribution is 2.40. The number of nitrogens with zero attached hydrogens (tertiary/aromatic N) is 2. The standard InChI is InChI=1S/C30H24F9N3O2/c1-17-24(26(43)44-2)25(21-8-4-6-10-23(21)30(37,38)39)41-27(40-15-19-7-3-5-9-22(19)29(34,35)36)42(17)16-18-11-13-20(14-12-18)28(31,32)33/h3-14,25H,15-16H2,1-2H3,(H,40,41). The van der Waals surface area contributed by atoms with Crippen LogP contribution in [0.15, 0.2) is 89.1 Å². The minimum atomic E-state index is -4.84. The van der Waals surface area contributed by atoms with Gasteiger partial charge in [0.1, 0.15) is 0 Å². The number of nitrogens with one attached hydrogen (secondary N) is 1. The predicted molar refractivity (Wildman–Crippen MR) is 142 cm³/mol. The molecule has 3 aromatic carbocycles. The zero-order valence-electron chi connectivity index (χ0n) is 23.0. The number of rotatable bonds is 6. The van der Waals surface area contributed by atoms with Crippen molar-refractivity contribution in [3.8, 4) is 0 Å². The molecule has 1 heterocycles. The summed E-state index contributed by atoms with van der Waals surface area (Å²) in [4.78, 5) is 18.6. The number of carbonyl (C=O) groups is 1. The van der Waals surface area contributed by atoms with E-state index in [1.165, 1.54) is 36.1 Å². The summed E-state index contributed by atoms with van der Waals surface area (Å²) in [7, 11) is 1.02. The Morgan fingerprint density at radius 1 is 0.818 bits per heavy atom. The van der Waals surface area contributed by atoms with E-state index in [0.29, 0.717) is 0 Å². The summed E-state index contributed by atoms with van der Waals surface area (Å²) in [5.41, 5.74) is -3.55. The Labute approximate surface area is 245 Å². The van der Waals surface area contributed by atoms with Gasteiger partial charge in [-0.15, -0.1) is 0 Å². The predicted octanol–water partition coefficient (Wildman–Crippen LogP) is 7.89. The molecule has 1 aliphatic heterocycles. The number of carbonyl (C=O) groups excluding carboxylic acids is 1. The number of allylic oxidation sites excluding steroid dienone is 1. The van der Waals surface area contributed by atoms with Gasteiger partial charge in [0.25, 0.3) is 0 Å². The Morgan fingerprint density at radius 3 is 1.95 bits per heavy atom. The number of aliphatic imine (C=N–C) groups is 1. The molecule has 0 saturated heterocycles. The van der Waals surface area contributed by atoms with Crippen LogP contribution in [0.25, 0.3) is 0 Å². The summed E-state index contributed by atoms with van der Waals surface area (Å²) in [6, 6.07) is 11.5. The molecule has 0 aromatic heterocycles. The van der Waals surface area contributed by atoms with Gasteiger partial charge in [-0.1, -0.05) is 48.5 Å². The number of hydrogen-bond donors (Lipinski definition) is 1. The molecule has 234 valence electrons. The largest absolute Gasteiger partial charge is 0.466 e. The van der Waals surface area contributed by atoms with Gasteiger partial charge in [0, 0.05) is 5.70 Å². The van der Waals surface area contributed by atoms with E-state index in [9.17, 15) is 44.3 Å². The quantitative estimate of drug-likeness (QED) is 0.223. The van der Waals surface area contributed by atoms with Gasteiger partial charge in [0.05, 0.1) is 48.5 Å². The molecule has 5 nitrogen and oxygen atoms in total. The van der Waals surface area contributed by atoms with Gasteiger partial charge in [-0.25, -0.2) is 9.79 Å². The molecule has 0 amide bonds. The average Bonchev–Trinajstić information content (AvgIpc) is 2.96. The van der Waals surface area contributed by atoms with Gasteiger partial charge >= 0.3 is 24.5 Å². The molecule has 44 heavy (non-hydrogen) atoms. The second-order valence-corrected chi connectivity index (χ2v) is 9.73. The number of guanidine groups is 1. The minimum Gasteiger partial charge on any atom is -0.466 e. The number of alkyl halides is 9. The van der Waals surface area contributed by atoms with Crippen molar-refractivity contribution in [3.05, 3.63) is 117 Å². The second-order valence-electron chi connectivity index (χ2n) is 9.73. The maximum absolute atomic E-state index is 14.0. The van der Waals surface area contributed by atoms with Crippen LogP contribution in [0.3, 0.4) is 0 Å². The van der Waals surface area contributed by atoms with Gasteiger partial charge in [0.2, 0.25) is 0 Å². The lowest BCUT2D eigenvalue weighted by Gasteiger charge is -2.38. The van der Waals surface area contributed by atoms with Gasteiger partial charge in [-0.3, -0.25) is 0 Å². The monoisotopic (exact) mass is 629 g/mol. The van der Waals surface area contributed by atoms with E-state index in [1.54, 1.807) is 0 Å². The summed E-state index contributed by atoms with van der Waals surface area (Å²) < 4.78 is 127. The first-order valence-corrected chi connectivity index (χ1v) is 12.9. The molecule has 0 saturated carbocycles. The molecule has 0 spiro atoms. The van der Waals surface area contributed by atoms with Crippen LogP contribution in [0, 0.1) is 0 Å². The summed E-state index contributed by atoms with van der Waals surface area (Å²) >= 11 is 0. The Balaban J connectivity index is 1.88. The highest BCUT2D eigenvalue weighted by atomic mass is 19.4. The maximum Gasteiger partial charge on any atom is 0.416 e. The van der Waals surface area contributed by atoms with E-state index in [0.717, 1.165) is 55.6 Å². The van der Waals surface area contributed by atoms with Crippen LogP contribution in [0.4, 0.5) is 39.5 Å². The average molecular weight is 630 g/mol. The molecule has 1 aliphatic rings. The number of esters is 1. The number of hydrogen-bond acceptors (Lipinski definition) is 3. The Morgan fingerprint density at radius 2 is 1.39 bits per heavy atom. The number of methoxy groups -OCH3 is 1. The SMILES string of the molecule is COC(=O)C1=C(C)N(Cc2ccc(C(F)(F)F)cc2)C(=NCc2ccccc2C(F)(F)F)NC1c1ccccc1C(F)(F)F. The molecule has 0 bridgehead atoms. The zero-order chi connectivity index (χ0) is 32.4. The van der Waals surface area contributed by atoms with E-state index in [-0.39, 0.29) is 40.5 Å². The fraction of sp³-hybridized carbons (Fsp3) is 0.267. The molecule has 1 unspecified atom stereocenters. The fourth-order valence-corrected chi connectivity index (χ4v) is 4.81. The van der Waals surface area contributed by atoms with Gasteiger partial charge < -0.3 is 15.0 Å². The van der Waals surface area contributed by atoms with E-state index in [4.69, 9.17) is 4.74 Å². The molecule has 4 rings (SSSR count). The topological polar surface area (TPSA) is 53.9 Å². The molecule has 3 aromatic rings. The first-order valence-electron chi connectivity index (χ1n) is 12.9. The fourth-order valence-electron chi connectivity index (χ4n) is 4.81. The van der Waals surface area contributed by atoms with E-state index in [2.05, 4.69) is 10.3 Å². The van der Waals surface area contributed by atoms with Crippen molar-refractivity contribution in [3.63, 3.8) is 0 Å². The molecule has 0 aliphatic carbocycles. The highest BCUT2D eigenvalue weighted by molar-refractivity contribution is 5.96. The highest BCUT2D eigenvalue weighted by Gasteiger charge is 2.41. The molecule has 0 radical (unpaired) electrons. The summed E-state index contributed by atoms with van der Waals surface area (Å²) in [5.74, 6) is -1.22. The molecular formula is C30H24F9N3O2. The Kier molecular flexibility index (Phi) is 9.03. The van der Waals surface area contributed by atoms with Crippen molar-refractivity contribution >= 4 is 11.9 Å². The smallest absolute Gasteiger partial charge is 0.416 e. The van der Waals surface area contributed by atoms with Crippen molar-refractivity contribution in [2.45, 2.75) is 44.6 Å². The van der Waals surface area contributed by atoms with E-state index >= 15 is 0 Å². The number of ether oxygens (including phenoxy) is 1. The van der Waals surface area contributed by atoms with Crippen molar-refractivity contribution in [1.82, 2.24) is 10.2 Å². The molecule has 1 N–H and O–H groups in total. The first kappa shape index (κ1) is 32.4. The third kappa shape index (κ3) is 7.00. The lowest BCUT2D eigenvalue weighted by molar-refractivity contribution is -0.140. The zero-order valence-corrected chi connectivity index (χ0v) is 23.0. The second kappa shape index (κ2) is 12.2. The van der Waals surface area contributed by atoms with Crippen LogP contribution in [-0.4, -0.2) is 23.9 Å². The lowest BCUT2D eigenvalue weighted by Crippen LogP contribution is -2.49. The van der Waals surface area contributed by atoms with Crippen LogP contribution < -0.4 is 5.32 Å². The van der Waals surface area contributed by atoms with E-state index < -0.39 is 53.8 Å². The lowest BCUT2D eigenvalue weighted by atomic mass is 9.91. The summed E-state index contributed by atoms with van der Waals surface area (Å²) in [5, 5.41) is 2.77. The van der Waals surface area contributed by atoms with E-state index in [1.807, 2.05) is 0 Å². The maximum atomic E-state index is 14.0. The van der Waals surface area contributed by atoms with Crippen LogP contribution in [0.1, 0.15) is 46.3 Å². The van der Waals surface area contributed by atoms with Crippen molar-refractivity contribution in [2.24, 2.45) is 4.99 Å². The van der Waals surface area contributed by atoms with Crippen LogP contribution in [0.5, 0.6) is 0 Å². The van der Waals surface area contributed by atoms with Crippen molar-refractivity contribution in [2.75, 3.05) is 7.11 Å². The van der Waals surface area contributed by atoms with Crippen LogP contribution >= 0.6 is 0 Å². The number of benzene rings is 3. The molecule has 1 atom stereocenters. The molecule has 14 heteroatoms. The third-order valence-electron chi connectivity index (χ3n) is 6.94. The molecular weight excluding hydrogens is 605 g/mol. The van der Waals surface area contributed by atoms with Crippen molar-refractivity contribution < 1.29 is 49.0 Å². The van der Waals surface area contributed by atoms with Crippen LogP contribution in [-0.2, 0) is 41.1 Å². The molecule has 0 fully saturated rings. The summed E-state index contributed by atoms with van der Waals surface area (Å²) in [6.45, 7) is 0.556. The third-order valence-corrected chi connectivity index (χ3v) is 6.94. The number of halogens is 9. The van der Waals surface area contributed by atoms with Gasteiger partial charge in [-0.2, -0.15) is 39.5 Å². The van der Waals surface area contributed by atoms with Gasteiger partial charge in [0.15, 0.2) is 5.96 Å². The first-order chi connectivity index (χ1) is 20.5. The van der Waals surface area contributed by atoms with Gasteiger partial charge in [-0.05, 0) is 47.9 Å². The summed E-state index contributed by atoms with van der Waals surface area (Å²) in [6.07, 6.45) is -14.2. The Bertz CT molecular complexity index is 1570.